The van der Waals surface area contributed by atoms with Crippen LogP contribution >= 0.6 is 11.3 Å². The summed E-state index contributed by atoms with van der Waals surface area (Å²) >= 11 is 1.42. The van der Waals surface area contributed by atoms with Crippen LogP contribution in [-0.4, -0.2) is 33.5 Å². The molecule has 0 saturated carbocycles. The molecule has 2 amide bonds. The molecule has 4 aromatic rings. The number of ether oxygens (including phenoxy) is 1. The van der Waals surface area contributed by atoms with Crippen LogP contribution in [0.15, 0.2) is 47.8 Å². The monoisotopic (exact) mass is 405 g/mol. The van der Waals surface area contributed by atoms with Crippen LogP contribution in [0, 0.1) is 0 Å². The van der Waals surface area contributed by atoms with Gasteiger partial charge in [-0.3, -0.25) is 14.9 Å². The van der Waals surface area contributed by atoms with Crippen LogP contribution in [0.3, 0.4) is 0 Å². The molecule has 5 rings (SSSR count). The van der Waals surface area contributed by atoms with Crippen molar-refractivity contribution in [1.29, 1.82) is 0 Å². The summed E-state index contributed by atoms with van der Waals surface area (Å²) in [6, 6.07) is 12.8. The highest BCUT2D eigenvalue weighted by Gasteiger charge is 2.20. The highest BCUT2D eigenvalue weighted by atomic mass is 32.1. The second-order valence-corrected chi connectivity index (χ2v) is 7.34. The van der Waals surface area contributed by atoms with Crippen molar-refractivity contribution in [2.75, 3.05) is 17.7 Å². The Morgan fingerprint density at radius 1 is 1.28 bits per heavy atom. The topological polar surface area (TPSA) is 97.6 Å². The van der Waals surface area contributed by atoms with Crippen LogP contribution in [0.2, 0.25) is 0 Å². The van der Waals surface area contributed by atoms with Gasteiger partial charge in [0.05, 0.1) is 19.2 Å². The summed E-state index contributed by atoms with van der Waals surface area (Å²) in [7, 11) is 1.62. The summed E-state index contributed by atoms with van der Waals surface area (Å²) < 4.78 is 7.12. The third kappa shape index (κ3) is 3.01. The highest BCUT2D eigenvalue weighted by molar-refractivity contribution is 7.15. The molecule has 2 aromatic carbocycles. The lowest BCUT2D eigenvalue weighted by atomic mass is 10.1. The quantitative estimate of drug-likeness (QED) is 0.543. The van der Waals surface area contributed by atoms with Crippen LogP contribution in [0.1, 0.15) is 15.9 Å². The van der Waals surface area contributed by atoms with Gasteiger partial charge in [-0.05, 0) is 35.9 Å². The second-order valence-electron chi connectivity index (χ2n) is 6.50. The first-order valence-electron chi connectivity index (χ1n) is 8.84. The number of amides is 2. The van der Waals surface area contributed by atoms with Crippen LogP contribution in [0.25, 0.3) is 16.2 Å². The van der Waals surface area contributed by atoms with Crippen molar-refractivity contribution < 1.29 is 14.3 Å². The summed E-state index contributed by atoms with van der Waals surface area (Å²) in [4.78, 5) is 29.2. The predicted octanol–water partition coefficient (Wildman–Crippen LogP) is 3.21. The maximum Gasteiger partial charge on any atom is 0.258 e. The molecule has 8 nitrogen and oxygen atoms in total. The van der Waals surface area contributed by atoms with E-state index in [1.165, 1.54) is 11.3 Å². The fourth-order valence-electron chi connectivity index (χ4n) is 3.32. The number of fused-ring (bicyclic) bond motifs is 2. The minimum Gasteiger partial charge on any atom is -0.496 e. The summed E-state index contributed by atoms with van der Waals surface area (Å²) in [6.45, 7) is 0. The first-order valence-corrected chi connectivity index (χ1v) is 9.72. The summed E-state index contributed by atoms with van der Waals surface area (Å²) in [5.74, 6) is 0.545. The largest absolute Gasteiger partial charge is 0.496 e. The number of hydrogen-bond acceptors (Lipinski definition) is 6. The Balaban J connectivity index is 1.43. The number of hydrogen-bond donors (Lipinski definition) is 2. The summed E-state index contributed by atoms with van der Waals surface area (Å²) in [6.07, 6.45) is 0.275. The van der Waals surface area contributed by atoms with Crippen molar-refractivity contribution in [1.82, 2.24) is 14.6 Å². The number of anilines is 2. The van der Waals surface area contributed by atoms with Gasteiger partial charge in [-0.2, -0.15) is 4.98 Å². The molecule has 9 heteroatoms. The van der Waals surface area contributed by atoms with E-state index in [0.717, 1.165) is 28.3 Å². The van der Waals surface area contributed by atoms with Crippen molar-refractivity contribution in [3.05, 3.63) is 59.0 Å². The fraction of sp³-hybridized carbons (Fsp3) is 0.100. The summed E-state index contributed by atoms with van der Waals surface area (Å²) in [5, 5.41) is 11.9. The molecule has 0 atom stereocenters. The zero-order chi connectivity index (χ0) is 20.0. The number of rotatable bonds is 4. The molecular formula is C20H15N5O3S. The number of benzene rings is 2. The Hall–Kier alpha value is -3.72. The van der Waals surface area contributed by atoms with E-state index < -0.39 is 0 Å². The molecule has 29 heavy (non-hydrogen) atoms. The Bertz CT molecular complexity index is 1280. The average molecular weight is 405 g/mol. The molecule has 3 heterocycles. The number of thiazole rings is 1. The number of carbonyl (C=O) groups excluding carboxylic acids is 2. The van der Waals surface area contributed by atoms with Gasteiger partial charge in [0, 0.05) is 22.2 Å². The minimum absolute atomic E-state index is 0.0718. The molecule has 2 aromatic heterocycles. The van der Waals surface area contributed by atoms with Crippen molar-refractivity contribution in [2.24, 2.45) is 0 Å². The molecule has 1 aliphatic heterocycles. The van der Waals surface area contributed by atoms with Crippen LogP contribution < -0.4 is 15.4 Å². The lowest BCUT2D eigenvalue weighted by Gasteiger charge is -2.06. The van der Waals surface area contributed by atoms with Crippen LogP contribution in [0.4, 0.5) is 11.6 Å². The van der Waals surface area contributed by atoms with Gasteiger partial charge in [-0.15, -0.1) is 16.4 Å². The molecule has 0 radical (unpaired) electrons. The van der Waals surface area contributed by atoms with Crippen molar-refractivity contribution in [2.45, 2.75) is 6.42 Å². The fourth-order valence-corrected chi connectivity index (χ4v) is 4.14. The maximum absolute atomic E-state index is 12.6. The predicted molar refractivity (Wildman–Crippen MR) is 110 cm³/mol. The van der Waals surface area contributed by atoms with E-state index >= 15 is 0 Å². The first-order chi connectivity index (χ1) is 14.1. The maximum atomic E-state index is 12.6. The van der Waals surface area contributed by atoms with Crippen LogP contribution in [0.5, 0.6) is 5.75 Å². The standard InChI is InChI=1S/C20H15N5O3S/c1-28-16-5-3-2-4-13(16)15-10-29-20-23-19(24-25(15)20)22-18(27)11-6-7-14-12(8-11)9-17(26)21-14/h2-8,10H,9H2,1H3,(H,21,26)(H,22,24,27). The average Bonchev–Trinajstić information content (AvgIpc) is 3.40. The lowest BCUT2D eigenvalue weighted by Crippen LogP contribution is -2.13. The van der Waals surface area contributed by atoms with Gasteiger partial charge in [0.15, 0.2) is 0 Å². The third-order valence-corrected chi connectivity index (χ3v) is 5.50. The zero-order valence-corrected chi connectivity index (χ0v) is 16.1. The number of aromatic nitrogens is 3. The minimum atomic E-state index is -0.329. The van der Waals surface area contributed by atoms with E-state index in [-0.39, 0.29) is 24.2 Å². The van der Waals surface area contributed by atoms with Gasteiger partial charge in [0.25, 0.3) is 11.9 Å². The van der Waals surface area contributed by atoms with E-state index in [1.54, 1.807) is 29.8 Å². The number of nitrogens with zero attached hydrogens (tertiary/aromatic N) is 3. The molecule has 2 N–H and O–H groups in total. The Labute approximate surface area is 169 Å². The van der Waals surface area contributed by atoms with Gasteiger partial charge in [0.2, 0.25) is 10.9 Å². The molecule has 1 aliphatic rings. The van der Waals surface area contributed by atoms with Gasteiger partial charge >= 0.3 is 0 Å². The van der Waals surface area contributed by atoms with E-state index in [0.29, 0.717) is 10.5 Å². The molecule has 0 fully saturated rings. The number of carbonyl (C=O) groups is 2. The normalized spacial score (nSPS) is 12.7. The molecule has 144 valence electrons. The third-order valence-electron chi connectivity index (χ3n) is 4.68. The number of nitrogens with one attached hydrogen (secondary N) is 2. The lowest BCUT2D eigenvalue weighted by molar-refractivity contribution is -0.115. The highest BCUT2D eigenvalue weighted by Crippen LogP contribution is 2.32. The number of para-hydroxylation sites is 1. The Morgan fingerprint density at radius 3 is 3.00 bits per heavy atom. The first kappa shape index (κ1) is 17.4. The summed E-state index contributed by atoms with van der Waals surface area (Å²) in [5.41, 5.74) is 3.72. The van der Waals surface area contributed by atoms with Crippen molar-refractivity contribution in [3.63, 3.8) is 0 Å². The Kier molecular flexibility index (Phi) is 4.02. The van der Waals surface area contributed by atoms with E-state index in [2.05, 4.69) is 20.7 Å². The molecule has 0 saturated heterocycles. The smallest absolute Gasteiger partial charge is 0.258 e. The van der Waals surface area contributed by atoms with E-state index in [1.807, 2.05) is 29.6 Å². The van der Waals surface area contributed by atoms with E-state index in [9.17, 15) is 9.59 Å². The molecule has 0 spiro atoms. The molecule has 0 aliphatic carbocycles. The van der Waals surface area contributed by atoms with Crippen LogP contribution in [-0.2, 0) is 11.2 Å². The van der Waals surface area contributed by atoms with Gasteiger partial charge in [-0.25, -0.2) is 4.52 Å². The molecule has 0 unspecified atom stereocenters. The number of methoxy groups -OCH3 is 1. The van der Waals surface area contributed by atoms with Crippen molar-refractivity contribution >= 4 is 39.7 Å². The molecular weight excluding hydrogens is 390 g/mol. The second kappa shape index (κ2) is 6.71. The molecule has 0 bridgehead atoms. The van der Waals surface area contributed by atoms with Gasteiger partial charge in [-0.1, -0.05) is 12.1 Å². The van der Waals surface area contributed by atoms with E-state index in [4.69, 9.17) is 4.74 Å². The zero-order valence-electron chi connectivity index (χ0n) is 15.3. The van der Waals surface area contributed by atoms with Gasteiger partial charge < -0.3 is 10.1 Å². The van der Waals surface area contributed by atoms with Crippen molar-refractivity contribution in [3.8, 4) is 17.0 Å². The van der Waals surface area contributed by atoms with Gasteiger partial charge in [0.1, 0.15) is 5.75 Å². The SMILES string of the molecule is COc1ccccc1-c1csc2nc(NC(=O)c3ccc4c(c3)CC(=O)N4)nn12. The Morgan fingerprint density at radius 2 is 2.14 bits per heavy atom.